The molecule has 0 saturated heterocycles. The molecule has 1 aliphatic rings. The quantitative estimate of drug-likeness (QED) is 0.556. The first-order valence-electron chi connectivity index (χ1n) is 6.45. The predicted octanol–water partition coefficient (Wildman–Crippen LogP) is 2.10. The van der Waals surface area contributed by atoms with E-state index >= 15 is 0 Å². The van der Waals surface area contributed by atoms with Crippen molar-refractivity contribution >= 4 is 11.8 Å². The van der Waals surface area contributed by atoms with Gasteiger partial charge in [0.15, 0.2) is 5.16 Å². The van der Waals surface area contributed by atoms with E-state index in [1.807, 2.05) is 0 Å². The maximum Gasteiger partial charge on any atom is 0.183 e. The summed E-state index contributed by atoms with van der Waals surface area (Å²) >= 11 is 1.66. The summed E-state index contributed by atoms with van der Waals surface area (Å²) in [5, 5.41) is 20.4. The van der Waals surface area contributed by atoms with Crippen molar-refractivity contribution in [1.29, 1.82) is 5.26 Å². The van der Waals surface area contributed by atoms with Crippen LogP contribution in [0.15, 0.2) is 11.5 Å². The third-order valence-electron chi connectivity index (χ3n) is 3.25. The van der Waals surface area contributed by atoms with Gasteiger partial charge in [-0.3, -0.25) is 10.4 Å². The van der Waals surface area contributed by atoms with E-state index in [2.05, 4.69) is 33.5 Å². The van der Waals surface area contributed by atoms with Crippen LogP contribution < -0.4 is 5.32 Å². The summed E-state index contributed by atoms with van der Waals surface area (Å²) in [5.41, 5.74) is -0.330. The van der Waals surface area contributed by atoms with Crippen LogP contribution in [0.3, 0.4) is 0 Å². The van der Waals surface area contributed by atoms with Crippen LogP contribution in [0.25, 0.3) is 0 Å². The van der Waals surface area contributed by atoms with Gasteiger partial charge in [-0.2, -0.15) is 10.4 Å². The smallest absolute Gasteiger partial charge is 0.183 e. The highest BCUT2D eigenvalue weighted by Crippen LogP contribution is 2.27. The average Bonchev–Trinajstić information content (AvgIpc) is 3.05. The van der Waals surface area contributed by atoms with Crippen LogP contribution in [0.5, 0.6) is 0 Å². The zero-order valence-electron chi connectivity index (χ0n) is 10.6. The first-order chi connectivity index (χ1) is 8.78. The van der Waals surface area contributed by atoms with Crippen molar-refractivity contribution in [2.75, 3.05) is 5.75 Å². The fraction of sp³-hybridized carbons (Fsp3) is 0.750. The largest absolute Gasteiger partial charge is 0.297 e. The van der Waals surface area contributed by atoms with Crippen LogP contribution in [0.1, 0.15) is 39.0 Å². The van der Waals surface area contributed by atoms with Crippen LogP contribution in [0, 0.1) is 11.3 Å². The zero-order chi connectivity index (χ0) is 12.8. The molecule has 0 spiro atoms. The summed E-state index contributed by atoms with van der Waals surface area (Å²) in [6, 6.07) is 3.05. The second kappa shape index (κ2) is 6.21. The van der Waals surface area contributed by atoms with Crippen LogP contribution in [-0.2, 0) is 0 Å². The second-order valence-corrected chi connectivity index (χ2v) is 5.79. The Morgan fingerprint density at radius 2 is 2.50 bits per heavy atom. The number of aromatic amines is 1. The summed E-state index contributed by atoms with van der Waals surface area (Å²) < 4.78 is 0. The molecule has 1 aromatic heterocycles. The Labute approximate surface area is 112 Å². The lowest BCUT2D eigenvalue weighted by Crippen LogP contribution is -2.44. The molecule has 1 atom stereocenters. The average molecular weight is 265 g/mol. The first-order valence-corrected chi connectivity index (χ1v) is 7.44. The predicted molar refractivity (Wildman–Crippen MR) is 71.1 cm³/mol. The van der Waals surface area contributed by atoms with E-state index in [-0.39, 0.29) is 5.54 Å². The minimum atomic E-state index is -0.330. The summed E-state index contributed by atoms with van der Waals surface area (Å²) in [7, 11) is 0. The van der Waals surface area contributed by atoms with E-state index in [1.165, 1.54) is 19.2 Å². The van der Waals surface area contributed by atoms with Crippen LogP contribution in [0.4, 0.5) is 0 Å². The SMILES string of the molecule is CCC(C#N)(CCCSc1ncn[nH]1)NC1CC1. The van der Waals surface area contributed by atoms with Crippen LogP contribution in [0.2, 0.25) is 0 Å². The molecule has 0 radical (unpaired) electrons. The van der Waals surface area contributed by atoms with Crippen LogP contribution >= 0.6 is 11.8 Å². The fourth-order valence-corrected chi connectivity index (χ4v) is 2.66. The molecule has 1 fully saturated rings. The van der Waals surface area contributed by atoms with Gasteiger partial charge in [0, 0.05) is 11.8 Å². The molecule has 6 heteroatoms. The topological polar surface area (TPSA) is 77.4 Å². The van der Waals surface area contributed by atoms with Gasteiger partial charge < -0.3 is 0 Å². The summed E-state index contributed by atoms with van der Waals surface area (Å²) in [6.45, 7) is 2.09. The molecule has 2 N–H and O–H groups in total. The van der Waals surface area contributed by atoms with Crippen molar-refractivity contribution in [1.82, 2.24) is 20.5 Å². The molecule has 98 valence electrons. The lowest BCUT2D eigenvalue weighted by molar-refractivity contribution is 0.367. The van der Waals surface area contributed by atoms with E-state index in [0.717, 1.165) is 30.2 Å². The molecule has 1 aromatic rings. The Bertz CT molecular complexity index is 395. The molecule has 1 saturated carbocycles. The Balaban J connectivity index is 1.73. The van der Waals surface area contributed by atoms with Gasteiger partial charge in [-0.25, -0.2) is 4.98 Å². The third-order valence-corrected chi connectivity index (χ3v) is 4.22. The number of H-pyrrole nitrogens is 1. The Hall–Kier alpha value is -1.06. The monoisotopic (exact) mass is 265 g/mol. The van der Waals surface area contributed by atoms with E-state index in [1.54, 1.807) is 11.8 Å². The van der Waals surface area contributed by atoms with Crippen molar-refractivity contribution in [2.45, 2.75) is 55.8 Å². The molecule has 18 heavy (non-hydrogen) atoms. The van der Waals surface area contributed by atoms with E-state index < -0.39 is 0 Å². The number of nitriles is 1. The lowest BCUT2D eigenvalue weighted by atomic mass is 9.92. The number of hydrogen-bond donors (Lipinski definition) is 2. The maximum atomic E-state index is 9.39. The summed E-state index contributed by atoms with van der Waals surface area (Å²) in [4.78, 5) is 4.06. The fourth-order valence-electron chi connectivity index (χ4n) is 1.94. The Morgan fingerprint density at radius 1 is 1.67 bits per heavy atom. The molecule has 5 nitrogen and oxygen atoms in total. The number of rotatable bonds is 8. The van der Waals surface area contributed by atoms with Gasteiger partial charge in [-0.1, -0.05) is 18.7 Å². The molecule has 2 rings (SSSR count). The summed E-state index contributed by atoms with van der Waals surface area (Å²) in [6.07, 6.45) is 6.73. The molecule has 1 unspecified atom stereocenters. The van der Waals surface area contributed by atoms with Crippen molar-refractivity contribution in [3.63, 3.8) is 0 Å². The molecule has 0 aliphatic heterocycles. The lowest BCUT2D eigenvalue weighted by Gasteiger charge is -2.26. The minimum Gasteiger partial charge on any atom is -0.297 e. The van der Waals surface area contributed by atoms with Gasteiger partial charge in [-0.05, 0) is 32.1 Å². The highest BCUT2D eigenvalue weighted by molar-refractivity contribution is 7.99. The maximum absolute atomic E-state index is 9.39. The van der Waals surface area contributed by atoms with E-state index in [9.17, 15) is 5.26 Å². The van der Waals surface area contributed by atoms with E-state index in [4.69, 9.17) is 0 Å². The molecule has 0 amide bonds. The van der Waals surface area contributed by atoms with Gasteiger partial charge in [0.1, 0.15) is 11.9 Å². The van der Waals surface area contributed by atoms with Gasteiger partial charge in [-0.15, -0.1) is 0 Å². The summed E-state index contributed by atoms with van der Waals surface area (Å²) in [5.74, 6) is 0.963. The standard InChI is InChI=1S/C12H19N5S/c1-2-12(8-13,16-10-4-5-10)6-3-7-18-11-14-9-15-17-11/h9-10,16H,2-7H2,1H3,(H,14,15,17). The zero-order valence-corrected chi connectivity index (χ0v) is 11.5. The number of nitrogens with one attached hydrogen (secondary N) is 2. The third kappa shape index (κ3) is 3.72. The van der Waals surface area contributed by atoms with Crippen LogP contribution in [-0.4, -0.2) is 32.5 Å². The molecule has 0 bridgehead atoms. The molecule has 1 heterocycles. The molecule has 0 aromatic carbocycles. The number of aromatic nitrogens is 3. The van der Waals surface area contributed by atoms with Gasteiger partial charge in [0.05, 0.1) is 6.07 Å². The van der Waals surface area contributed by atoms with Gasteiger partial charge in [0.25, 0.3) is 0 Å². The number of nitrogens with zero attached hydrogens (tertiary/aromatic N) is 3. The number of hydrogen-bond acceptors (Lipinski definition) is 5. The first kappa shape index (κ1) is 13.4. The normalized spacial score (nSPS) is 18.2. The highest BCUT2D eigenvalue weighted by Gasteiger charge is 2.34. The minimum absolute atomic E-state index is 0.330. The highest BCUT2D eigenvalue weighted by atomic mass is 32.2. The van der Waals surface area contributed by atoms with Crippen molar-refractivity contribution < 1.29 is 0 Å². The van der Waals surface area contributed by atoms with Crippen molar-refractivity contribution in [2.24, 2.45) is 0 Å². The van der Waals surface area contributed by atoms with Gasteiger partial charge >= 0.3 is 0 Å². The van der Waals surface area contributed by atoms with Crippen molar-refractivity contribution in [3.05, 3.63) is 6.33 Å². The second-order valence-electron chi connectivity index (χ2n) is 4.71. The van der Waals surface area contributed by atoms with Crippen molar-refractivity contribution in [3.8, 4) is 6.07 Å². The van der Waals surface area contributed by atoms with E-state index in [0.29, 0.717) is 6.04 Å². The molecular formula is C12H19N5S. The number of thioether (sulfide) groups is 1. The van der Waals surface area contributed by atoms with Gasteiger partial charge in [0.2, 0.25) is 0 Å². The molecule has 1 aliphatic carbocycles. The Kier molecular flexibility index (Phi) is 4.61. The molecular weight excluding hydrogens is 246 g/mol. The Morgan fingerprint density at radius 3 is 3.06 bits per heavy atom.